The third-order valence-corrected chi connectivity index (χ3v) is 3.92. The zero-order valence-corrected chi connectivity index (χ0v) is 12.2. The normalized spacial score (nSPS) is 24.4. The van der Waals surface area contributed by atoms with Crippen LogP contribution in [0.15, 0.2) is 12.3 Å². The third kappa shape index (κ3) is 2.21. The van der Waals surface area contributed by atoms with E-state index in [1.807, 2.05) is 31.7 Å². The van der Waals surface area contributed by atoms with E-state index in [1.165, 1.54) is 0 Å². The minimum atomic E-state index is -0.467. The monoisotopic (exact) mass is 275 g/mol. The fraction of sp³-hybridized carbons (Fsp3) is 0.600. The number of ether oxygens (including phenoxy) is 1. The number of rotatable bonds is 0. The lowest BCUT2D eigenvalue weighted by molar-refractivity contribution is 0.0123. The van der Waals surface area contributed by atoms with Crippen molar-refractivity contribution in [1.29, 1.82) is 0 Å². The Morgan fingerprint density at radius 3 is 2.90 bits per heavy atom. The van der Waals surface area contributed by atoms with Gasteiger partial charge in [0.15, 0.2) is 0 Å². The first-order chi connectivity index (χ1) is 9.35. The molecule has 2 atom stereocenters. The minimum Gasteiger partial charge on any atom is -0.444 e. The summed E-state index contributed by atoms with van der Waals surface area (Å²) in [7, 11) is 0. The van der Waals surface area contributed by atoms with Crippen LogP contribution < -0.4 is 5.73 Å². The Hall–Kier alpha value is -1.78. The molecule has 3 heterocycles. The van der Waals surface area contributed by atoms with Crippen LogP contribution in [0.4, 0.5) is 10.5 Å². The molecule has 0 radical (unpaired) electrons. The van der Waals surface area contributed by atoms with Crippen molar-refractivity contribution < 1.29 is 9.53 Å². The summed E-state index contributed by atoms with van der Waals surface area (Å²) in [5.41, 5.74) is 8.19. The summed E-state index contributed by atoms with van der Waals surface area (Å²) in [4.78, 5) is 18.7. The molecule has 0 aliphatic carbocycles. The standard InChI is InChI=1S/C15H21N3O2/c1-15(2,3)20-14(19)18-10-4-5-13(18)11-6-9(16)8-17-12(11)7-10/h6,8,10,13H,4-5,7,16H2,1-3H3. The van der Waals surface area contributed by atoms with E-state index in [9.17, 15) is 4.79 Å². The quantitative estimate of drug-likeness (QED) is 0.790. The van der Waals surface area contributed by atoms with E-state index in [-0.39, 0.29) is 18.2 Å². The number of carbonyl (C=O) groups is 1. The van der Waals surface area contributed by atoms with Gasteiger partial charge in [-0.3, -0.25) is 9.88 Å². The van der Waals surface area contributed by atoms with Crippen molar-refractivity contribution >= 4 is 11.8 Å². The Balaban J connectivity index is 1.91. The molecular weight excluding hydrogens is 254 g/mol. The van der Waals surface area contributed by atoms with Gasteiger partial charge in [-0.2, -0.15) is 0 Å². The second kappa shape index (κ2) is 4.36. The largest absolute Gasteiger partial charge is 0.444 e. The number of anilines is 1. The van der Waals surface area contributed by atoms with Crippen LogP contribution in [0.25, 0.3) is 0 Å². The smallest absolute Gasteiger partial charge is 0.411 e. The molecule has 5 heteroatoms. The van der Waals surface area contributed by atoms with E-state index in [4.69, 9.17) is 10.5 Å². The van der Waals surface area contributed by atoms with Crippen molar-refractivity contribution in [2.75, 3.05) is 5.73 Å². The third-order valence-electron chi connectivity index (χ3n) is 3.92. The van der Waals surface area contributed by atoms with E-state index in [0.717, 1.165) is 30.5 Å². The van der Waals surface area contributed by atoms with Gasteiger partial charge < -0.3 is 10.5 Å². The predicted octanol–water partition coefficient (Wildman–Crippen LogP) is 2.66. The molecule has 20 heavy (non-hydrogen) atoms. The maximum Gasteiger partial charge on any atom is 0.411 e. The van der Waals surface area contributed by atoms with Crippen LogP contribution in [-0.2, 0) is 11.2 Å². The van der Waals surface area contributed by atoms with Crippen LogP contribution in [-0.4, -0.2) is 27.6 Å². The van der Waals surface area contributed by atoms with Crippen LogP contribution in [0.5, 0.6) is 0 Å². The number of hydrogen-bond acceptors (Lipinski definition) is 4. The summed E-state index contributed by atoms with van der Waals surface area (Å²) >= 11 is 0. The van der Waals surface area contributed by atoms with Crippen LogP contribution in [0.3, 0.4) is 0 Å². The fourth-order valence-electron chi connectivity index (χ4n) is 3.19. The first-order valence-electron chi connectivity index (χ1n) is 7.11. The fourth-order valence-corrected chi connectivity index (χ4v) is 3.19. The lowest BCUT2D eigenvalue weighted by Crippen LogP contribution is -2.44. The highest BCUT2D eigenvalue weighted by atomic mass is 16.6. The topological polar surface area (TPSA) is 68.5 Å². The molecule has 2 bridgehead atoms. The second-order valence-electron chi connectivity index (χ2n) is 6.64. The molecule has 0 saturated carbocycles. The SMILES string of the molecule is CC(C)(C)OC(=O)N1C2CCC1c1cc(N)cnc1C2. The van der Waals surface area contributed by atoms with Crippen LogP contribution in [0, 0.1) is 0 Å². The number of hydrogen-bond donors (Lipinski definition) is 1. The molecule has 1 saturated heterocycles. The van der Waals surface area contributed by atoms with Crippen molar-refractivity contribution in [2.24, 2.45) is 0 Å². The molecule has 1 amide bonds. The summed E-state index contributed by atoms with van der Waals surface area (Å²) < 4.78 is 5.54. The van der Waals surface area contributed by atoms with Gasteiger partial charge in [0.25, 0.3) is 0 Å². The van der Waals surface area contributed by atoms with Gasteiger partial charge in [0.2, 0.25) is 0 Å². The Labute approximate surface area is 119 Å². The average Bonchev–Trinajstić information content (AvgIpc) is 2.65. The van der Waals surface area contributed by atoms with Crippen LogP contribution in [0.2, 0.25) is 0 Å². The highest BCUT2D eigenvalue weighted by molar-refractivity contribution is 5.70. The highest BCUT2D eigenvalue weighted by Crippen LogP contribution is 2.44. The number of pyridine rings is 1. The Bertz CT molecular complexity index is 551. The molecule has 108 valence electrons. The summed E-state index contributed by atoms with van der Waals surface area (Å²) in [6.45, 7) is 5.68. The van der Waals surface area contributed by atoms with E-state index in [1.54, 1.807) is 6.20 Å². The van der Waals surface area contributed by atoms with Gasteiger partial charge in [0, 0.05) is 18.2 Å². The van der Waals surface area contributed by atoms with E-state index in [0.29, 0.717) is 5.69 Å². The van der Waals surface area contributed by atoms with E-state index < -0.39 is 5.60 Å². The number of fused-ring (bicyclic) bond motifs is 4. The Morgan fingerprint density at radius 2 is 2.20 bits per heavy atom. The molecule has 2 aliphatic rings. The van der Waals surface area contributed by atoms with E-state index in [2.05, 4.69) is 4.98 Å². The van der Waals surface area contributed by atoms with Crippen molar-refractivity contribution in [3.05, 3.63) is 23.5 Å². The van der Waals surface area contributed by atoms with Gasteiger partial charge in [-0.05, 0) is 45.2 Å². The Kier molecular flexibility index (Phi) is 2.88. The maximum atomic E-state index is 12.4. The van der Waals surface area contributed by atoms with Gasteiger partial charge in [-0.1, -0.05) is 0 Å². The van der Waals surface area contributed by atoms with Crippen LogP contribution >= 0.6 is 0 Å². The van der Waals surface area contributed by atoms with Crippen molar-refractivity contribution in [3.63, 3.8) is 0 Å². The maximum absolute atomic E-state index is 12.4. The Morgan fingerprint density at radius 1 is 1.45 bits per heavy atom. The zero-order valence-electron chi connectivity index (χ0n) is 12.2. The molecule has 2 unspecified atom stereocenters. The number of aromatic nitrogens is 1. The average molecular weight is 275 g/mol. The second-order valence-corrected chi connectivity index (χ2v) is 6.64. The highest BCUT2D eigenvalue weighted by Gasteiger charge is 2.44. The predicted molar refractivity (Wildman–Crippen MR) is 76.2 cm³/mol. The number of carbonyl (C=O) groups excluding carboxylic acids is 1. The number of nitrogen functional groups attached to an aromatic ring is 1. The minimum absolute atomic E-state index is 0.0644. The molecule has 0 spiro atoms. The molecule has 5 nitrogen and oxygen atoms in total. The summed E-state index contributed by atoms with van der Waals surface area (Å²) in [5.74, 6) is 0. The lowest BCUT2D eigenvalue weighted by atomic mass is 9.98. The summed E-state index contributed by atoms with van der Waals surface area (Å²) in [6, 6.07) is 2.22. The number of nitrogens with two attached hydrogens (primary N) is 1. The first kappa shape index (κ1) is 13.2. The zero-order chi connectivity index (χ0) is 14.5. The number of amides is 1. The number of nitrogens with zero attached hydrogens (tertiary/aromatic N) is 2. The first-order valence-corrected chi connectivity index (χ1v) is 7.11. The van der Waals surface area contributed by atoms with Gasteiger partial charge >= 0.3 is 6.09 Å². The van der Waals surface area contributed by atoms with E-state index >= 15 is 0 Å². The van der Waals surface area contributed by atoms with Crippen molar-refractivity contribution in [1.82, 2.24) is 9.88 Å². The summed E-state index contributed by atoms with van der Waals surface area (Å²) in [5, 5.41) is 0. The summed E-state index contributed by atoms with van der Waals surface area (Å²) in [6.07, 6.45) is 4.23. The van der Waals surface area contributed by atoms with Gasteiger partial charge in [0.05, 0.1) is 17.9 Å². The van der Waals surface area contributed by atoms with Crippen molar-refractivity contribution in [2.45, 2.75) is 57.7 Å². The van der Waals surface area contributed by atoms with Gasteiger partial charge in [0.1, 0.15) is 5.60 Å². The molecule has 1 fully saturated rings. The van der Waals surface area contributed by atoms with Gasteiger partial charge in [-0.25, -0.2) is 4.79 Å². The molecular formula is C15H21N3O2. The molecule has 2 N–H and O–H groups in total. The van der Waals surface area contributed by atoms with Crippen molar-refractivity contribution in [3.8, 4) is 0 Å². The van der Waals surface area contributed by atoms with Gasteiger partial charge in [-0.15, -0.1) is 0 Å². The van der Waals surface area contributed by atoms with Crippen LogP contribution in [0.1, 0.15) is 50.9 Å². The molecule has 1 aromatic rings. The lowest BCUT2D eigenvalue weighted by Gasteiger charge is -2.36. The molecule has 3 rings (SSSR count). The molecule has 2 aliphatic heterocycles. The molecule has 0 aromatic carbocycles. The molecule has 1 aromatic heterocycles.